The smallest absolute Gasteiger partial charge is 0.177 e. The van der Waals surface area contributed by atoms with E-state index in [2.05, 4.69) is 39.2 Å². The summed E-state index contributed by atoms with van der Waals surface area (Å²) in [6.07, 6.45) is 12.7. The summed E-state index contributed by atoms with van der Waals surface area (Å²) < 4.78 is 5.83. The molecule has 2 heterocycles. The average Bonchev–Trinajstić information content (AvgIpc) is 2.85. The Morgan fingerprint density at radius 2 is 1.96 bits per heavy atom. The molecule has 4 rings (SSSR count). The quantitative estimate of drug-likeness (QED) is 0.769. The number of nitrogens with one attached hydrogen (secondary N) is 1. The monoisotopic (exact) mass is 315 g/mol. The van der Waals surface area contributed by atoms with Crippen molar-refractivity contribution in [2.75, 3.05) is 0 Å². The Kier molecular flexibility index (Phi) is 3.94. The van der Waals surface area contributed by atoms with Gasteiger partial charge in [0.2, 0.25) is 0 Å². The summed E-state index contributed by atoms with van der Waals surface area (Å²) in [5, 5.41) is 0. The van der Waals surface area contributed by atoms with Crippen molar-refractivity contribution in [2.45, 2.75) is 13.0 Å². The van der Waals surface area contributed by atoms with Crippen LogP contribution in [0.1, 0.15) is 12.2 Å². The number of ether oxygens (including phenoxy) is 1. The summed E-state index contributed by atoms with van der Waals surface area (Å²) in [6.45, 7) is 0.407. The van der Waals surface area contributed by atoms with Crippen LogP contribution in [0.5, 0.6) is 0 Å². The molecule has 0 atom stereocenters. The zero-order valence-corrected chi connectivity index (χ0v) is 13.1. The van der Waals surface area contributed by atoms with Gasteiger partial charge in [0.25, 0.3) is 0 Å². The maximum absolute atomic E-state index is 5.83. The number of pyridine rings is 1. The van der Waals surface area contributed by atoms with Crippen LogP contribution < -0.4 is 0 Å². The van der Waals surface area contributed by atoms with E-state index in [-0.39, 0.29) is 0 Å². The van der Waals surface area contributed by atoms with E-state index in [1.165, 1.54) is 0 Å². The molecule has 0 saturated carbocycles. The second-order valence-corrected chi connectivity index (χ2v) is 5.58. The van der Waals surface area contributed by atoms with Crippen LogP contribution in [0.2, 0.25) is 0 Å². The number of hydrogen-bond donors (Lipinski definition) is 1. The van der Waals surface area contributed by atoms with Crippen LogP contribution in [0.25, 0.3) is 22.3 Å². The molecule has 0 radical (unpaired) electrons. The molecule has 1 aliphatic rings. The number of hydrogen-bond acceptors (Lipinski definition) is 3. The first-order valence-corrected chi connectivity index (χ1v) is 7.94. The van der Waals surface area contributed by atoms with Gasteiger partial charge in [0.15, 0.2) is 5.65 Å². The molecule has 1 N–H and O–H groups in total. The standard InChI is InChI=1S/C20H17N3O/c1-2-7-11-17(10-6-1)24-14-19-22-18-12-16(13-21-20(18)23-19)15-8-4-3-5-9-15/h1-10,12-13H,11,14H2,(H,21,22,23). The Morgan fingerprint density at radius 1 is 1.04 bits per heavy atom. The van der Waals surface area contributed by atoms with E-state index in [0.29, 0.717) is 12.3 Å². The Bertz CT molecular complexity index is 936. The van der Waals surface area contributed by atoms with Gasteiger partial charge in [0.05, 0.1) is 5.52 Å². The zero-order chi connectivity index (χ0) is 16.2. The highest BCUT2D eigenvalue weighted by atomic mass is 16.5. The summed E-state index contributed by atoms with van der Waals surface area (Å²) in [7, 11) is 0. The van der Waals surface area contributed by atoms with Crippen molar-refractivity contribution in [2.24, 2.45) is 0 Å². The molecule has 0 spiro atoms. The lowest BCUT2D eigenvalue weighted by molar-refractivity contribution is 0.188. The molecule has 0 saturated heterocycles. The van der Waals surface area contributed by atoms with Crippen molar-refractivity contribution in [3.05, 3.63) is 84.6 Å². The molecule has 118 valence electrons. The minimum atomic E-state index is 0.407. The van der Waals surface area contributed by atoms with Crippen molar-refractivity contribution in [3.8, 4) is 11.1 Å². The minimum Gasteiger partial charge on any atom is -0.490 e. The third-order valence-electron chi connectivity index (χ3n) is 3.85. The SMILES string of the molecule is C1=CC=C(OCc2nc3ncc(-c4ccccc4)cc3[nH]2)CC=C1. The molecule has 0 bridgehead atoms. The Hall–Kier alpha value is -3.14. The van der Waals surface area contributed by atoms with Crippen molar-refractivity contribution < 1.29 is 4.74 Å². The second kappa shape index (κ2) is 6.54. The van der Waals surface area contributed by atoms with Crippen LogP contribution in [0.3, 0.4) is 0 Å². The largest absolute Gasteiger partial charge is 0.490 e. The molecule has 24 heavy (non-hydrogen) atoms. The molecule has 4 heteroatoms. The molecular weight excluding hydrogens is 298 g/mol. The lowest BCUT2D eigenvalue weighted by Gasteiger charge is -2.05. The maximum atomic E-state index is 5.83. The molecule has 1 aromatic carbocycles. The summed E-state index contributed by atoms with van der Waals surface area (Å²) in [5.74, 6) is 1.71. The first kappa shape index (κ1) is 14.5. The molecule has 2 aromatic heterocycles. The molecule has 3 aromatic rings. The highest BCUT2D eigenvalue weighted by Gasteiger charge is 2.07. The minimum absolute atomic E-state index is 0.407. The van der Waals surface area contributed by atoms with Crippen LogP contribution in [-0.2, 0) is 11.3 Å². The number of fused-ring (bicyclic) bond motifs is 1. The number of aromatic nitrogens is 3. The van der Waals surface area contributed by atoms with Gasteiger partial charge < -0.3 is 9.72 Å². The number of aromatic amines is 1. The van der Waals surface area contributed by atoms with Gasteiger partial charge in [-0.15, -0.1) is 0 Å². The normalized spacial score (nSPS) is 13.8. The predicted molar refractivity (Wildman–Crippen MR) is 95.1 cm³/mol. The predicted octanol–water partition coefficient (Wildman–Crippen LogP) is 4.54. The maximum Gasteiger partial charge on any atom is 0.177 e. The molecule has 0 aliphatic heterocycles. The van der Waals surface area contributed by atoms with Crippen LogP contribution in [-0.4, -0.2) is 15.0 Å². The van der Waals surface area contributed by atoms with E-state index in [1.54, 1.807) is 0 Å². The lowest BCUT2D eigenvalue weighted by Crippen LogP contribution is -1.95. The lowest BCUT2D eigenvalue weighted by atomic mass is 10.1. The van der Waals surface area contributed by atoms with Crippen LogP contribution >= 0.6 is 0 Å². The Morgan fingerprint density at radius 3 is 2.88 bits per heavy atom. The van der Waals surface area contributed by atoms with E-state index in [0.717, 1.165) is 34.6 Å². The highest BCUT2D eigenvalue weighted by Crippen LogP contribution is 2.21. The van der Waals surface area contributed by atoms with Crippen molar-refractivity contribution in [1.82, 2.24) is 15.0 Å². The first-order chi connectivity index (χ1) is 11.9. The fourth-order valence-electron chi connectivity index (χ4n) is 2.63. The van der Waals surface area contributed by atoms with E-state index in [1.807, 2.05) is 48.7 Å². The topological polar surface area (TPSA) is 50.8 Å². The number of nitrogens with zero attached hydrogens (tertiary/aromatic N) is 2. The van der Waals surface area contributed by atoms with E-state index < -0.39 is 0 Å². The third kappa shape index (κ3) is 3.13. The van der Waals surface area contributed by atoms with Gasteiger partial charge in [-0.3, -0.25) is 0 Å². The highest BCUT2D eigenvalue weighted by molar-refractivity contribution is 5.77. The van der Waals surface area contributed by atoms with Gasteiger partial charge in [-0.2, -0.15) is 0 Å². The Balaban J connectivity index is 1.54. The molecule has 4 nitrogen and oxygen atoms in total. The van der Waals surface area contributed by atoms with Gasteiger partial charge in [0.1, 0.15) is 18.2 Å². The fraction of sp³-hybridized carbons (Fsp3) is 0.100. The zero-order valence-electron chi connectivity index (χ0n) is 13.1. The second-order valence-electron chi connectivity index (χ2n) is 5.58. The van der Waals surface area contributed by atoms with Gasteiger partial charge in [-0.1, -0.05) is 54.6 Å². The first-order valence-electron chi connectivity index (χ1n) is 7.94. The molecule has 0 fully saturated rings. The van der Waals surface area contributed by atoms with Gasteiger partial charge >= 0.3 is 0 Å². The number of imidazole rings is 1. The summed E-state index contributed by atoms with van der Waals surface area (Å²) in [5.41, 5.74) is 3.84. The molecule has 0 amide bonds. The summed E-state index contributed by atoms with van der Waals surface area (Å²) in [4.78, 5) is 12.3. The van der Waals surface area contributed by atoms with E-state index in [9.17, 15) is 0 Å². The number of allylic oxidation sites excluding steroid dienone is 5. The summed E-state index contributed by atoms with van der Waals surface area (Å²) >= 11 is 0. The van der Waals surface area contributed by atoms with Crippen LogP contribution in [0, 0.1) is 0 Å². The van der Waals surface area contributed by atoms with Crippen molar-refractivity contribution in [3.63, 3.8) is 0 Å². The molecular formula is C20H17N3O. The van der Waals surface area contributed by atoms with E-state index in [4.69, 9.17) is 4.74 Å². The van der Waals surface area contributed by atoms with Crippen molar-refractivity contribution in [1.29, 1.82) is 0 Å². The molecule has 1 aliphatic carbocycles. The number of rotatable bonds is 4. The van der Waals surface area contributed by atoms with Gasteiger partial charge in [-0.05, 0) is 17.7 Å². The fourth-order valence-corrected chi connectivity index (χ4v) is 2.63. The van der Waals surface area contributed by atoms with Crippen LogP contribution in [0.4, 0.5) is 0 Å². The van der Waals surface area contributed by atoms with Crippen molar-refractivity contribution >= 4 is 11.2 Å². The van der Waals surface area contributed by atoms with Gasteiger partial charge in [-0.25, -0.2) is 9.97 Å². The average molecular weight is 315 g/mol. The third-order valence-corrected chi connectivity index (χ3v) is 3.85. The van der Waals surface area contributed by atoms with E-state index >= 15 is 0 Å². The molecule has 0 unspecified atom stereocenters. The summed E-state index contributed by atoms with van der Waals surface area (Å²) in [6, 6.07) is 12.3. The number of benzene rings is 1. The van der Waals surface area contributed by atoms with Crippen LogP contribution in [0.15, 0.2) is 78.7 Å². The van der Waals surface area contributed by atoms with Gasteiger partial charge in [0, 0.05) is 18.2 Å². The number of H-pyrrole nitrogens is 1. The Labute approximate surface area is 140 Å².